The number of carbonyl (C=O) groups is 4. The Balaban J connectivity index is 1.43. The number of ether oxygens (including phenoxy) is 5. The van der Waals surface area contributed by atoms with E-state index < -0.39 is 83.4 Å². The second-order valence-corrected chi connectivity index (χ2v) is 17.3. The van der Waals surface area contributed by atoms with Gasteiger partial charge in [-0.15, -0.1) is 0 Å². The highest BCUT2D eigenvalue weighted by Crippen LogP contribution is 2.43. The van der Waals surface area contributed by atoms with E-state index in [4.69, 9.17) is 23.7 Å². The average Bonchev–Trinajstić information content (AvgIpc) is 3.78. The number of carbonyl (C=O) groups excluding carboxylic acids is 4. The number of Topliss-reactive ketones (excluding diaryl/α,β-unsaturated/α-hetero) is 2. The van der Waals surface area contributed by atoms with Crippen molar-refractivity contribution in [2.24, 2.45) is 23.7 Å². The van der Waals surface area contributed by atoms with Crippen molar-refractivity contribution < 1.29 is 48.0 Å². The third kappa shape index (κ3) is 9.33. The van der Waals surface area contributed by atoms with E-state index in [0.29, 0.717) is 32.4 Å². The second-order valence-electron chi connectivity index (χ2n) is 17.3. The second kappa shape index (κ2) is 18.7. The number of hydrogen-bond donors (Lipinski definition) is 1. The van der Waals surface area contributed by atoms with E-state index >= 15 is 0 Å². The van der Waals surface area contributed by atoms with Gasteiger partial charge in [0.2, 0.25) is 0 Å². The maximum Gasteiger partial charge on any atom is 0.410 e. The van der Waals surface area contributed by atoms with Gasteiger partial charge in [0.25, 0.3) is 0 Å². The van der Waals surface area contributed by atoms with E-state index in [1.807, 2.05) is 62.7 Å². The van der Waals surface area contributed by atoms with Gasteiger partial charge in [0.05, 0.1) is 35.9 Å². The Hall–Kier alpha value is -3.76. The number of fused-ring (bicyclic) bond motifs is 1. The van der Waals surface area contributed by atoms with Crippen LogP contribution in [0, 0.1) is 23.7 Å². The van der Waals surface area contributed by atoms with Crippen LogP contribution in [0.1, 0.15) is 87.5 Å². The summed E-state index contributed by atoms with van der Waals surface area (Å²) in [6.07, 6.45) is 4.45. The molecule has 15 heteroatoms. The standard InChI is InChI=1S/C43H65N5O10/c1-12-33-43(8)37(48(41(53)58-43)19-14-13-18-47-23-31(45-24-47)30-16-15-17-44-22-30)27(4)34(49)25(2)21-42(7,54-11)38(28(5)35(50)29(6)39(52)56-33)57-40-36(51)32(46(9)10)20-26(3)55-40/h15-17,22-29,32-33,36-38,40,51H,12-14,18-21H2,1-11H3/t25-,26-,27+,28+,29-,32+,33-,36-,37-,38+,40+,42-,43-/m1/s1. The fourth-order valence-corrected chi connectivity index (χ4v) is 9.43. The maximum atomic E-state index is 14.7. The summed E-state index contributed by atoms with van der Waals surface area (Å²) in [7, 11) is 5.24. The lowest BCUT2D eigenvalue weighted by molar-refractivity contribution is -0.295. The van der Waals surface area contributed by atoms with Gasteiger partial charge in [-0.2, -0.15) is 0 Å². The minimum Gasteiger partial charge on any atom is -0.458 e. The van der Waals surface area contributed by atoms with Crippen LogP contribution in [-0.2, 0) is 44.6 Å². The first-order valence-electron chi connectivity index (χ1n) is 20.8. The van der Waals surface area contributed by atoms with E-state index in [2.05, 4.69) is 9.97 Å². The summed E-state index contributed by atoms with van der Waals surface area (Å²) in [6, 6.07) is 2.74. The lowest BCUT2D eigenvalue weighted by Gasteiger charge is -2.47. The zero-order chi connectivity index (χ0) is 42.7. The molecule has 5 rings (SSSR count). The van der Waals surface area contributed by atoms with E-state index in [-0.39, 0.29) is 30.8 Å². The quantitative estimate of drug-likeness (QED) is 0.184. The molecular weight excluding hydrogens is 746 g/mol. The summed E-state index contributed by atoms with van der Waals surface area (Å²) in [6.45, 7) is 14.9. The van der Waals surface area contributed by atoms with Crippen molar-refractivity contribution >= 4 is 23.6 Å². The number of nitrogens with zero attached hydrogens (tertiary/aromatic N) is 5. The molecule has 15 nitrogen and oxygen atoms in total. The van der Waals surface area contributed by atoms with Gasteiger partial charge < -0.3 is 43.2 Å². The number of hydrogen-bond acceptors (Lipinski definition) is 13. The molecule has 1 amide bonds. The van der Waals surface area contributed by atoms with Crippen LogP contribution in [0.3, 0.4) is 0 Å². The number of methoxy groups -OCH3 is 1. The highest BCUT2D eigenvalue weighted by atomic mass is 16.7. The van der Waals surface area contributed by atoms with Crippen LogP contribution in [0.15, 0.2) is 37.1 Å². The van der Waals surface area contributed by atoms with Gasteiger partial charge in [0.15, 0.2) is 17.7 Å². The molecule has 3 saturated heterocycles. The molecule has 58 heavy (non-hydrogen) atoms. The Bertz CT molecular complexity index is 1740. The molecule has 0 radical (unpaired) electrons. The largest absolute Gasteiger partial charge is 0.458 e. The molecule has 0 aromatic carbocycles. The molecule has 0 unspecified atom stereocenters. The van der Waals surface area contributed by atoms with Crippen molar-refractivity contribution in [3.05, 3.63) is 37.1 Å². The summed E-state index contributed by atoms with van der Waals surface area (Å²) < 4.78 is 33.2. The number of pyridine rings is 1. The lowest BCUT2D eigenvalue weighted by Crippen LogP contribution is -2.60. The maximum absolute atomic E-state index is 14.7. The number of esters is 1. The molecule has 0 aliphatic carbocycles. The van der Waals surface area contributed by atoms with Crippen LogP contribution in [0.4, 0.5) is 4.79 Å². The Kier molecular flexibility index (Phi) is 14.6. The summed E-state index contributed by atoms with van der Waals surface area (Å²) in [4.78, 5) is 69.0. The van der Waals surface area contributed by atoms with Gasteiger partial charge in [0, 0.05) is 68.1 Å². The van der Waals surface area contributed by atoms with E-state index in [1.165, 1.54) is 14.0 Å². The summed E-state index contributed by atoms with van der Waals surface area (Å²) in [5.74, 6) is -4.95. The summed E-state index contributed by atoms with van der Waals surface area (Å²) in [5.41, 5.74) is -0.938. The molecule has 3 fully saturated rings. The average molecular weight is 812 g/mol. The Morgan fingerprint density at radius 2 is 1.72 bits per heavy atom. The molecule has 0 bridgehead atoms. The minimum atomic E-state index is -1.40. The highest BCUT2D eigenvalue weighted by Gasteiger charge is 2.60. The summed E-state index contributed by atoms with van der Waals surface area (Å²) >= 11 is 0. The summed E-state index contributed by atoms with van der Waals surface area (Å²) in [5, 5.41) is 11.4. The first kappa shape index (κ1) is 45.3. The van der Waals surface area contributed by atoms with Crippen LogP contribution in [0.25, 0.3) is 11.3 Å². The molecule has 322 valence electrons. The monoisotopic (exact) mass is 811 g/mol. The molecule has 2 aromatic rings. The van der Waals surface area contributed by atoms with Gasteiger partial charge in [-0.1, -0.05) is 27.7 Å². The van der Waals surface area contributed by atoms with Crippen LogP contribution in [-0.4, -0.2) is 135 Å². The molecule has 0 spiro atoms. The first-order chi connectivity index (χ1) is 27.4. The SMILES string of the molecule is CC[C@H]1OC(=O)[C@H](C)C(=O)[C@H](C)[C@H](O[C@@H]2O[C@H](C)C[C@H](N(C)C)[C@H]2O)[C@](C)(OC)C[C@@H](C)C(=O)[C@H](C)[C@H]2N(CCCCn3cnc(-c4cccnc4)c3)C(=O)O[C@]12C. The number of imidazole rings is 1. The predicted octanol–water partition coefficient (Wildman–Crippen LogP) is 4.93. The normalized spacial score (nSPS) is 36.7. The third-order valence-corrected chi connectivity index (χ3v) is 12.8. The number of cyclic esters (lactones) is 1. The number of aliphatic hydroxyl groups is 1. The highest BCUT2D eigenvalue weighted by molar-refractivity contribution is 6.00. The number of aryl methyl sites for hydroxylation is 1. The molecule has 5 heterocycles. The Labute approximate surface area is 343 Å². The van der Waals surface area contributed by atoms with Crippen molar-refractivity contribution in [2.75, 3.05) is 27.7 Å². The van der Waals surface area contributed by atoms with Crippen molar-refractivity contribution in [1.29, 1.82) is 0 Å². The predicted molar refractivity (Wildman–Crippen MR) is 214 cm³/mol. The van der Waals surface area contributed by atoms with Crippen LogP contribution >= 0.6 is 0 Å². The number of aromatic nitrogens is 3. The van der Waals surface area contributed by atoms with Crippen molar-refractivity contribution in [1.82, 2.24) is 24.3 Å². The topological polar surface area (TPSA) is 172 Å². The molecule has 0 saturated carbocycles. The van der Waals surface area contributed by atoms with E-state index in [1.54, 1.807) is 51.3 Å². The van der Waals surface area contributed by atoms with Crippen molar-refractivity contribution in [3.8, 4) is 11.3 Å². The smallest absolute Gasteiger partial charge is 0.410 e. The number of rotatable bonds is 11. The number of amides is 1. The van der Waals surface area contributed by atoms with Gasteiger partial charge >= 0.3 is 12.1 Å². The first-order valence-corrected chi connectivity index (χ1v) is 20.8. The minimum absolute atomic E-state index is 0.130. The third-order valence-electron chi connectivity index (χ3n) is 12.8. The lowest BCUT2D eigenvalue weighted by atomic mass is 9.73. The van der Waals surface area contributed by atoms with Crippen LogP contribution < -0.4 is 0 Å². The van der Waals surface area contributed by atoms with E-state index in [9.17, 15) is 24.3 Å². The zero-order valence-corrected chi connectivity index (χ0v) is 36.1. The van der Waals surface area contributed by atoms with Crippen molar-refractivity contribution in [3.63, 3.8) is 0 Å². The van der Waals surface area contributed by atoms with Crippen LogP contribution in [0.2, 0.25) is 0 Å². The molecular formula is C43H65N5O10. The number of unbranched alkanes of at least 4 members (excludes halogenated alkanes) is 1. The molecule has 3 aliphatic rings. The fourth-order valence-electron chi connectivity index (χ4n) is 9.43. The van der Waals surface area contributed by atoms with Gasteiger partial charge in [-0.3, -0.25) is 19.4 Å². The fraction of sp³-hybridized carbons (Fsp3) is 0.721. The van der Waals surface area contributed by atoms with Gasteiger partial charge in [-0.25, -0.2) is 9.78 Å². The number of aliphatic hydroxyl groups excluding tert-OH is 1. The molecule has 1 N–H and O–H groups in total. The molecule has 13 atom stereocenters. The van der Waals surface area contributed by atoms with E-state index in [0.717, 1.165) is 11.3 Å². The number of ketones is 2. The molecule has 3 aliphatic heterocycles. The van der Waals surface area contributed by atoms with Gasteiger partial charge in [-0.05, 0) is 86.0 Å². The van der Waals surface area contributed by atoms with Gasteiger partial charge in [0.1, 0.15) is 23.9 Å². The molecule has 2 aromatic heterocycles. The van der Waals surface area contributed by atoms with Crippen LogP contribution in [0.5, 0.6) is 0 Å². The zero-order valence-electron chi connectivity index (χ0n) is 36.1. The Morgan fingerprint density at radius 3 is 2.36 bits per heavy atom. The Morgan fingerprint density at radius 1 is 1.02 bits per heavy atom. The number of likely N-dealkylation sites (N-methyl/N-ethyl adjacent to an activating group) is 1. The van der Waals surface area contributed by atoms with Crippen molar-refractivity contribution in [2.45, 2.75) is 148 Å².